The Hall–Kier alpha value is -0.883. The third-order valence-corrected chi connectivity index (χ3v) is 11.6. The molecule has 0 aromatic rings. The average molecular weight is 371 g/mol. The Morgan fingerprint density at radius 1 is 1.04 bits per heavy atom. The normalized spacial score (nSPS) is 35.4. The Morgan fingerprint density at radius 2 is 1.60 bits per heavy atom. The highest BCUT2D eigenvalue weighted by atomic mass is 28.4. The van der Waals surface area contributed by atoms with Gasteiger partial charge in [0, 0.05) is 0 Å². The third kappa shape index (κ3) is 3.16. The van der Waals surface area contributed by atoms with Crippen LogP contribution < -0.4 is 0 Å². The van der Waals surface area contributed by atoms with Gasteiger partial charge in [-0.3, -0.25) is 9.59 Å². The maximum Gasteiger partial charge on any atom is 0.311 e. The molecule has 4 atom stereocenters. The second kappa shape index (κ2) is 6.37. The summed E-state index contributed by atoms with van der Waals surface area (Å²) < 4.78 is 17.0. The van der Waals surface area contributed by atoms with Crippen LogP contribution in [0.3, 0.4) is 0 Å². The largest absolute Gasteiger partial charge is 0.469 e. The van der Waals surface area contributed by atoms with Crippen LogP contribution in [0.2, 0.25) is 18.1 Å². The lowest BCUT2D eigenvalue weighted by Gasteiger charge is -2.67. The molecule has 2 aliphatic carbocycles. The van der Waals surface area contributed by atoms with Gasteiger partial charge >= 0.3 is 11.9 Å². The van der Waals surface area contributed by atoms with Crippen molar-refractivity contribution in [2.45, 2.75) is 77.1 Å². The molecule has 0 aromatic carbocycles. The van der Waals surface area contributed by atoms with Gasteiger partial charge in [-0.1, -0.05) is 27.7 Å². The van der Waals surface area contributed by atoms with Crippen LogP contribution in [0.15, 0.2) is 0 Å². The van der Waals surface area contributed by atoms with E-state index in [1.54, 1.807) is 0 Å². The van der Waals surface area contributed by atoms with Crippen LogP contribution in [-0.4, -0.2) is 40.1 Å². The van der Waals surface area contributed by atoms with Crippen LogP contribution in [-0.2, 0) is 23.5 Å². The molecule has 0 aliphatic heterocycles. The van der Waals surface area contributed by atoms with Gasteiger partial charge in [-0.15, -0.1) is 0 Å². The Labute approximate surface area is 152 Å². The first-order chi connectivity index (χ1) is 11.3. The van der Waals surface area contributed by atoms with Crippen LogP contribution in [0.4, 0.5) is 0 Å². The van der Waals surface area contributed by atoms with Crippen molar-refractivity contribution < 1.29 is 23.5 Å². The standard InChI is InChI=1S/C19H34O5Si/c1-17(2,3)25(7,8)24-19-10-9-13(15(20)22-5)11-18(19,4)12-14(19)16(21)23-6/h13-14H,9-12H2,1-8H3/t13-,14-,18?,19?/m0/s1. The van der Waals surface area contributed by atoms with Crippen molar-refractivity contribution in [2.24, 2.45) is 17.3 Å². The zero-order valence-electron chi connectivity index (χ0n) is 17.0. The lowest BCUT2D eigenvalue weighted by molar-refractivity contribution is -0.236. The molecular weight excluding hydrogens is 336 g/mol. The number of ether oxygens (including phenoxy) is 2. The summed E-state index contributed by atoms with van der Waals surface area (Å²) in [4.78, 5) is 24.5. The first kappa shape index (κ1) is 20.4. The van der Waals surface area contributed by atoms with Crippen LogP contribution in [0, 0.1) is 17.3 Å². The van der Waals surface area contributed by atoms with E-state index in [4.69, 9.17) is 13.9 Å². The molecule has 5 nitrogen and oxygen atoms in total. The summed E-state index contributed by atoms with van der Waals surface area (Å²) in [5.41, 5.74) is -0.716. The number of esters is 2. The topological polar surface area (TPSA) is 61.8 Å². The maximum absolute atomic E-state index is 12.4. The highest BCUT2D eigenvalue weighted by molar-refractivity contribution is 6.74. The van der Waals surface area contributed by atoms with Crippen molar-refractivity contribution in [3.8, 4) is 0 Å². The molecule has 0 radical (unpaired) electrons. The van der Waals surface area contributed by atoms with Crippen molar-refractivity contribution >= 4 is 20.3 Å². The van der Waals surface area contributed by atoms with Crippen molar-refractivity contribution in [3.05, 3.63) is 0 Å². The molecule has 0 saturated heterocycles. The quantitative estimate of drug-likeness (QED) is 0.554. The second-order valence-electron chi connectivity index (χ2n) is 9.56. The molecular formula is C19H34O5Si. The number of carbonyl (C=O) groups is 2. The highest BCUT2D eigenvalue weighted by Crippen LogP contribution is 2.66. The van der Waals surface area contributed by atoms with Crippen LogP contribution >= 0.6 is 0 Å². The molecule has 2 fully saturated rings. The van der Waals surface area contributed by atoms with E-state index in [1.807, 2.05) is 0 Å². The molecule has 6 heteroatoms. The second-order valence-corrected chi connectivity index (χ2v) is 14.3. The summed E-state index contributed by atoms with van der Waals surface area (Å²) in [5, 5.41) is 0.0537. The van der Waals surface area contributed by atoms with Crippen molar-refractivity contribution in [1.82, 2.24) is 0 Å². The predicted octanol–water partition coefficient (Wildman–Crippen LogP) is 3.92. The van der Waals surface area contributed by atoms with E-state index in [-0.39, 0.29) is 34.2 Å². The Morgan fingerprint density at radius 3 is 2.04 bits per heavy atom. The minimum atomic E-state index is -2.08. The molecule has 2 rings (SSSR count). The van der Waals surface area contributed by atoms with E-state index in [9.17, 15) is 9.59 Å². The molecule has 2 aliphatic rings. The number of hydrogen-bond acceptors (Lipinski definition) is 5. The van der Waals surface area contributed by atoms with E-state index in [1.165, 1.54) is 14.2 Å². The monoisotopic (exact) mass is 370 g/mol. The Bertz CT molecular complexity index is 553. The minimum absolute atomic E-state index is 0.0537. The number of hydrogen-bond donors (Lipinski definition) is 0. The van der Waals surface area contributed by atoms with Gasteiger partial charge in [0.15, 0.2) is 8.32 Å². The zero-order valence-corrected chi connectivity index (χ0v) is 18.0. The first-order valence-corrected chi connectivity index (χ1v) is 12.1. The van der Waals surface area contributed by atoms with Gasteiger partial charge in [-0.2, -0.15) is 0 Å². The Kier molecular flexibility index (Phi) is 5.21. The SMILES string of the molecule is COC(=O)[C@H]1CCC2(O[Si](C)(C)C(C)(C)C)[C@H](C(=O)OC)CC2(C)C1. The third-order valence-electron chi connectivity index (χ3n) is 7.06. The molecule has 2 unspecified atom stereocenters. The molecule has 0 aromatic heterocycles. The maximum atomic E-state index is 12.4. The smallest absolute Gasteiger partial charge is 0.311 e. The van der Waals surface area contributed by atoms with E-state index >= 15 is 0 Å². The van der Waals surface area contributed by atoms with E-state index in [0.717, 1.165) is 0 Å². The fraction of sp³-hybridized carbons (Fsp3) is 0.895. The van der Waals surface area contributed by atoms with Gasteiger partial charge in [-0.05, 0) is 49.2 Å². The van der Waals surface area contributed by atoms with Crippen LogP contribution in [0.25, 0.3) is 0 Å². The summed E-state index contributed by atoms with van der Waals surface area (Å²) in [6.07, 6.45) is 2.82. The predicted molar refractivity (Wildman–Crippen MR) is 98.6 cm³/mol. The molecule has 0 bridgehead atoms. The highest BCUT2D eigenvalue weighted by Gasteiger charge is 2.70. The van der Waals surface area contributed by atoms with Crippen molar-refractivity contribution in [1.29, 1.82) is 0 Å². The fourth-order valence-corrected chi connectivity index (χ4v) is 6.19. The average Bonchev–Trinajstić information content (AvgIpc) is 2.51. The van der Waals surface area contributed by atoms with Gasteiger partial charge in [-0.25, -0.2) is 0 Å². The molecule has 2 saturated carbocycles. The van der Waals surface area contributed by atoms with E-state index in [2.05, 4.69) is 40.8 Å². The number of carbonyl (C=O) groups excluding carboxylic acids is 2. The summed E-state index contributed by atoms with van der Waals surface area (Å²) in [5.74, 6) is -0.684. The van der Waals surface area contributed by atoms with Gasteiger partial charge in [0.2, 0.25) is 0 Å². The summed E-state index contributed by atoms with van der Waals surface area (Å²) in [6.45, 7) is 13.2. The van der Waals surface area contributed by atoms with E-state index in [0.29, 0.717) is 25.7 Å². The summed E-state index contributed by atoms with van der Waals surface area (Å²) in [7, 11) is 0.800. The minimum Gasteiger partial charge on any atom is -0.469 e. The molecule has 0 N–H and O–H groups in total. The molecule has 0 heterocycles. The summed E-state index contributed by atoms with van der Waals surface area (Å²) >= 11 is 0. The first-order valence-electron chi connectivity index (χ1n) is 9.19. The Balaban J connectivity index is 2.37. The number of rotatable bonds is 4. The van der Waals surface area contributed by atoms with Crippen LogP contribution in [0.1, 0.15) is 53.4 Å². The molecule has 25 heavy (non-hydrogen) atoms. The van der Waals surface area contributed by atoms with Gasteiger partial charge in [0.25, 0.3) is 0 Å². The lowest BCUT2D eigenvalue weighted by atomic mass is 9.44. The van der Waals surface area contributed by atoms with E-state index < -0.39 is 13.9 Å². The fourth-order valence-electron chi connectivity index (χ4n) is 4.48. The number of methoxy groups -OCH3 is 2. The summed E-state index contributed by atoms with van der Waals surface area (Å²) in [6, 6.07) is 0. The van der Waals surface area contributed by atoms with Crippen molar-refractivity contribution in [2.75, 3.05) is 14.2 Å². The lowest BCUT2D eigenvalue weighted by Crippen LogP contribution is -2.72. The molecule has 0 amide bonds. The van der Waals surface area contributed by atoms with Crippen molar-refractivity contribution in [3.63, 3.8) is 0 Å². The molecule has 0 spiro atoms. The van der Waals surface area contributed by atoms with Crippen LogP contribution in [0.5, 0.6) is 0 Å². The van der Waals surface area contributed by atoms with Gasteiger partial charge in [0.1, 0.15) is 0 Å². The molecule has 144 valence electrons. The zero-order chi connectivity index (χ0) is 19.3. The number of fused-ring (bicyclic) bond motifs is 1. The van der Waals surface area contributed by atoms with Gasteiger partial charge < -0.3 is 13.9 Å². The van der Waals surface area contributed by atoms with Gasteiger partial charge in [0.05, 0.1) is 31.7 Å².